The lowest BCUT2D eigenvalue weighted by Crippen LogP contribution is -2.34. The molecule has 116 valence electrons. The Hall–Kier alpha value is -1.43. The van der Waals surface area contributed by atoms with Crippen molar-refractivity contribution in [3.63, 3.8) is 0 Å². The Balaban J connectivity index is 1.62. The highest BCUT2D eigenvalue weighted by Crippen LogP contribution is 2.08. The molecule has 1 atom stereocenters. The number of ether oxygens (including phenoxy) is 2. The van der Waals surface area contributed by atoms with Crippen molar-refractivity contribution in [3.05, 3.63) is 35.9 Å². The molecule has 1 heterocycles. The second-order valence-corrected chi connectivity index (χ2v) is 5.30. The third-order valence-electron chi connectivity index (χ3n) is 3.57. The Morgan fingerprint density at radius 2 is 2.19 bits per heavy atom. The van der Waals surface area contributed by atoms with E-state index in [1.807, 2.05) is 30.3 Å². The van der Waals surface area contributed by atoms with Gasteiger partial charge in [0.05, 0.1) is 25.7 Å². The van der Waals surface area contributed by atoms with Gasteiger partial charge >= 0.3 is 5.97 Å². The second-order valence-electron chi connectivity index (χ2n) is 5.30. The largest absolute Gasteiger partial charge is 0.481 e. The Bertz CT molecular complexity index is 424. The smallest absolute Gasteiger partial charge is 0.310 e. The first-order valence-electron chi connectivity index (χ1n) is 7.40. The molecule has 5 nitrogen and oxygen atoms in total. The number of hydrogen-bond acceptors (Lipinski definition) is 4. The van der Waals surface area contributed by atoms with E-state index in [0.717, 1.165) is 19.5 Å². The summed E-state index contributed by atoms with van der Waals surface area (Å²) in [6.45, 7) is 4.44. The second kappa shape index (κ2) is 8.77. The Kier molecular flexibility index (Phi) is 6.66. The topological polar surface area (TPSA) is 59.0 Å². The minimum atomic E-state index is -0.776. The third kappa shape index (κ3) is 5.83. The van der Waals surface area contributed by atoms with Crippen molar-refractivity contribution in [2.75, 3.05) is 39.5 Å². The van der Waals surface area contributed by atoms with E-state index >= 15 is 0 Å². The van der Waals surface area contributed by atoms with Gasteiger partial charge in [-0.25, -0.2) is 0 Å². The van der Waals surface area contributed by atoms with E-state index in [-0.39, 0.29) is 0 Å². The van der Waals surface area contributed by atoms with Crippen LogP contribution in [0.5, 0.6) is 0 Å². The first kappa shape index (κ1) is 15.9. The monoisotopic (exact) mass is 293 g/mol. The maximum atomic E-state index is 11.1. The lowest BCUT2D eigenvalue weighted by atomic mass is 10.1. The van der Waals surface area contributed by atoms with E-state index < -0.39 is 11.9 Å². The van der Waals surface area contributed by atoms with Crippen LogP contribution in [0.2, 0.25) is 0 Å². The summed E-state index contributed by atoms with van der Waals surface area (Å²) in [7, 11) is 0. The van der Waals surface area contributed by atoms with E-state index in [2.05, 4.69) is 4.90 Å². The quantitative estimate of drug-likeness (QED) is 0.774. The molecule has 1 unspecified atom stereocenters. The molecule has 1 aromatic rings. The van der Waals surface area contributed by atoms with E-state index in [1.54, 1.807) is 0 Å². The Morgan fingerprint density at radius 1 is 1.38 bits per heavy atom. The fourth-order valence-corrected chi connectivity index (χ4v) is 2.38. The van der Waals surface area contributed by atoms with Gasteiger partial charge in [-0.2, -0.15) is 0 Å². The van der Waals surface area contributed by atoms with Gasteiger partial charge in [0.2, 0.25) is 0 Å². The Morgan fingerprint density at radius 3 is 2.95 bits per heavy atom. The van der Waals surface area contributed by atoms with Gasteiger partial charge in [-0.05, 0) is 12.0 Å². The molecule has 0 aliphatic carbocycles. The number of benzene rings is 1. The van der Waals surface area contributed by atoms with Gasteiger partial charge in [-0.3, -0.25) is 4.79 Å². The van der Waals surface area contributed by atoms with E-state index in [1.165, 1.54) is 5.56 Å². The third-order valence-corrected chi connectivity index (χ3v) is 3.57. The van der Waals surface area contributed by atoms with Gasteiger partial charge in [-0.1, -0.05) is 30.3 Å². The number of hydrogen-bond donors (Lipinski definition) is 1. The van der Waals surface area contributed by atoms with E-state index in [9.17, 15) is 4.79 Å². The molecule has 0 aromatic heterocycles. The number of carboxylic acids is 1. The molecule has 2 rings (SSSR count). The molecule has 1 aromatic carbocycles. The molecule has 1 N–H and O–H groups in total. The summed E-state index contributed by atoms with van der Waals surface area (Å²) in [5.41, 5.74) is 1.17. The number of rotatable bonds is 7. The molecular formula is C16H23NO4. The molecule has 1 aliphatic heterocycles. The highest BCUT2D eigenvalue weighted by atomic mass is 16.5. The van der Waals surface area contributed by atoms with E-state index in [0.29, 0.717) is 33.0 Å². The van der Waals surface area contributed by atoms with Crippen LogP contribution in [0.3, 0.4) is 0 Å². The minimum absolute atomic E-state index is 0.316. The molecule has 0 amide bonds. The van der Waals surface area contributed by atoms with Crippen molar-refractivity contribution in [2.45, 2.75) is 13.0 Å². The lowest BCUT2D eigenvalue weighted by molar-refractivity contribution is -0.143. The average Bonchev–Trinajstić information content (AvgIpc) is 2.74. The summed E-state index contributed by atoms with van der Waals surface area (Å²) in [6, 6.07) is 10.1. The van der Waals surface area contributed by atoms with E-state index in [4.69, 9.17) is 14.6 Å². The zero-order valence-corrected chi connectivity index (χ0v) is 12.2. The molecule has 1 fully saturated rings. The van der Waals surface area contributed by atoms with Crippen molar-refractivity contribution >= 4 is 5.97 Å². The molecule has 0 spiro atoms. The summed E-state index contributed by atoms with van der Waals surface area (Å²) >= 11 is 0. The zero-order chi connectivity index (χ0) is 14.9. The molecule has 21 heavy (non-hydrogen) atoms. The predicted octanol–water partition coefficient (Wildman–Crippen LogP) is 1.63. The molecule has 1 aliphatic rings. The van der Waals surface area contributed by atoms with Crippen LogP contribution in [0.15, 0.2) is 30.3 Å². The SMILES string of the molecule is O=C(O)C1COCCN(CCCOCc2ccccc2)C1. The van der Waals surface area contributed by atoms with Crippen LogP contribution in [0, 0.1) is 5.92 Å². The first-order chi connectivity index (χ1) is 10.3. The van der Waals surface area contributed by atoms with Gasteiger partial charge in [0.25, 0.3) is 0 Å². The van der Waals surface area contributed by atoms with Crippen LogP contribution in [-0.2, 0) is 20.9 Å². The summed E-state index contributed by atoms with van der Waals surface area (Å²) < 4.78 is 11.0. The summed E-state index contributed by atoms with van der Waals surface area (Å²) in [6.07, 6.45) is 0.902. The molecule has 0 saturated carbocycles. The maximum absolute atomic E-state index is 11.1. The van der Waals surface area contributed by atoms with Gasteiger partial charge in [0, 0.05) is 26.2 Å². The molecule has 5 heteroatoms. The van der Waals surface area contributed by atoms with Gasteiger partial charge < -0.3 is 19.5 Å². The van der Waals surface area contributed by atoms with Gasteiger partial charge in [0.15, 0.2) is 0 Å². The van der Waals surface area contributed by atoms with Crippen LogP contribution in [-0.4, -0.2) is 55.4 Å². The summed E-state index contributed by atoms with van der Waals surface area (Å²) in [5, 5.41) is 9.09. The fraction of sp³-hybridized carbons (Fsp3) is 0.562. The summed E-state index contributed by atoms with van der Waals surface area (Å²) in [4.78, 5) is 13.2. The van der Waals surface area contributed by atoms with Crippen LogP contribution in [0.4, 0.5) is 0 Å². The highest BCUT2D eigenvalue weighted by Gasteiger charge is 2.23. The lowest BCUT2D eigenvalue weighted by Gasteiger charge is -2.21. The van der Waals surface area contributed by atoms with Gasteiger partial charge in [-0.15, -0.1) is 0 Å². The molecular weight excluding hydrogens is 270 g/mol. The van der Waals surface area contributed by atoms with Crippen LogP contribution < -0.4 is 0 Å². The number of carboxylic acid groups (broad SMARTS) is 1. The zero-order valence-electron chi connectivity index (χ0n) is 12.2. The number of carbonyl (C=O) groups is 1. The number of nitrogens with zero attached hydrogens (tertiary/aromatic N) is 1. The maximum Gasteiger partial charge on any atom is 0.310 e. The molecule has 1 saturated heterocycles. The standard InChI is InChI=1S/C16H23NO4/c18-16(19)15-11-17(8-10-21-13-15)7-4-9-20-12-14-5-2-1-3-6-14/h1-3,5-6,15H,4,7-13H2,(H,18,19). The van der Waals surface area contributed by atoms with Crippen LogP contribution in [0.1, 0.15) is 12.0 Å². The van der Waals surface area contributed by atoms with Crippen molar-refractivity contribution in [1.82, 2.24) is 4.90 Å². The van der Waals surface area contributed by atoms with Crippen molar-refractivity contribution in [2.24, 2.45) is 5.92 Å². The molecule has 0 bridgehead atoms. The van der Waals surface area contributed by atoms with Crippen LogP contribution in [0.25, 0.3) is 0 Å². The van der Waals surface area contributed by atoms with Crippen molar-refractivity contribution in [3.8, 4) is 0 Å². The highest BCUT2D eigenvalue weighted by molar-refractivity contribution is 5.70. The van der Waals surface area contributed by atoms with Gasteiger partial charge in [0.1, 0.15) is 0 Å². The first-order valence-corrected chi connectivity index (χ1v) is 7.40. The Labute approximate surface area is 125 Å². The predicted molar refractivity (Wildman–Crippen MR) is 79.1 cm³/mol. The molecule has 0 radical (unpaired) electrons. The average molecular weight is 293 g/mol. The summed E-state index contributed by atoms with van der Waals surface area (Å²) in [5.74, 6) is -1.19. The van der Waals surface area contributed by atoms with Crippen molar-refractivity contribution < 1.29 is 19.4 Å². The normalized spacial score (nSPS) is 20.1. The fourth-order valence-electron chi connectivity index (χ4n) is 2.38. The van der Waals surface area contributed by atoms with Crippen LogP contribution >= 0.6 is 0 Å². The number of aliphatic carboxylic acids is 1. The minimum Gasteiger partial charge on any atom is -0.481 e. The van der Waals surface area contributed by atoms with Crippen molar-refractivity contribution in [1.29, 1.82) is 0 Å².